The highest BCUT2D eigenvalue weighted by Crippen LogP contribution is 2.36. The van der Waals surface area contributed by atoms with Gasteiger partial charge in [-0.05, 0) is 43.5 Å². The molecule has 1 unspecified atom stereocenters. The number of anilines is 1. The standard InChI is InChI=1S/C21H21N5O/c1-12-9-10-16(11-13(12)2)20-24-21-23-14(3)17(19(22)27)18(26(21)25-20)15-7-5-4-6-8-15/h4-11,18H,1-3H3,(H2,22,27)(H,23,24,25). The minimum Gasteiger partial charge on any atom is -0.366 e. The molecule has 6 heteroatoms. The van der Waals surface area contributed by atoms with E-state index in [0.29, 0.717) is 23.0 Å². The number of benzene rings is 2. The Labute approximate surface area is 157 Å². The van der Waals surface area contributed by atoms with E-state index >= 15 is 0 Å². The van der Waals surface area contributed by atoms with Crippen molar-refractivity contribution in [1.82, 2.24) is 14.8 Å². The normalized spacial score (nSPS) is 16.0. The van der Waals surface area contributed by atoms with Crippen molar-refractivity contribution in [3.05, 3.63) is 76.5 Å². The summed E-state index contributed by atoms with van der Waals surface area (Å²) in [7, 11) is 0. The van der Waals surface area contributed by atoms with E-state index in [-0.39, 0.29) is 0 Å². The van der Waals surface area contributed by atoms with Crippen LogP contribution in [0.4, 0.5) is 5.95 Å². The summed E-state index contributed by atoms with van der Waals surface area (Å²) in [6.07, 6.45) is 0. The first kappa shape index (κ1) is 17.0. The topological polar surface area (TPSA) is 85.8 Å². The molecule has 3 N–H and O–H groups in total. The molecule has 2 aromatic carbocycles. The van der Waals surface area contributed by atoms with Gasteiger partial charge in [0.15, 0.2) is 5.82 Å². The number of allylic oxidation sites excluding steroid dienone is 1. The zero-order valence-electron chi connectivity index (χ0n) is 15.5. The summed E-state index contributed by atoms with van der Waals surface area (Å²) in [6.45, 7) is 5.98. The number of aryl methyl sites for hydroxylation is 2. The number of nitrogens with one attached hydrogen (secondary N) is 1. The number of nitrogens with two attached hydrogens (primary N) is 1. The molecule has 0 saturated heterocycles. The van der Waals surface area contributed by atoms with Crippen molar-refractivity contribution in [3.63, 3.8) is 0 Å². The molecule has 0 fully saturated rings. The van der Waals surface area contributed by atoms with E-state index < -0.39 is 11.9 Å². The summed E-state index contributed by atoms with van der Waals surface area (Å²) in [4.78, 5) is 16.8. The van der Waals surface area contributed by atoms with E-state index in [4.69, 9.17) is 10.8 Å². The van der Waals surface area contributed by atoms with Crippen LogP contribution in [0.15, 0.2) is 59.8 Å². The number of nitrogens with zero attached hydrogens (tertiary/aromatic N) is 3. The lowest BCUT2D eigenvalue weighted by molar-refractivity contribution is -0.115. The SMILES string of the molecule is CC1=C(C(N)=O)C(c2ccccc2)n2nc(-c3ccc(C)c(C)c3)nc2N1. The Kier molecular flexibility index (Phi) is 4.03. The maximum atomic E-state index is 12.2. The molecule has 1 atom stereocenters. The lowest BCUT2D eigenvalue weighted by Gasteiger charge is -2.27. The molecule has 6 nitrogen and oxygen atoms in total. The Bertz CT molecular complexity index is 1070. The van der Waals surface area contributed by atoms with Crippen LogP contribution in [0.3, 0.4) is 0 Å². The van der Waals surface area contributed by atoms with Gasteiger partial charge in [0.2, 0.25) is 11.9 Å². The molecule has 3 aromatic rings. The van der Waals surface area contributed by atoms with Crippen LogP contribution in [-0.2, 0) is 4.79 Å². The molecule has 1 aliphatic heterocycles. The second kappa shape index (κ2) is 6.39. The summed E-state index contributed by atoms with van der Waals surface area (Å²) in [6, 6.07) is 15.5. The van der Waals surface area contributed by atoms with Gasteiger partial charge in [0.25, 0.3) is 0 Å². The van der Waals surface area contributed by atoms with E-state index in [0.717, 1.165) is 11.1 Å². The fraction of sp³-hybridized carbons (Fsp3) is 0.190. The highest BCUT2D eigenvalue weighted by atomic mass is 16.1. The second-order valence-electron chi connectivity index (χ2n) is 6.84. The third-order valence-electron chi connectivity index (χ3n) is 5.00. The fourth-order valence-corrected chi connectivity index (χ4v) is 3.42. The monoisotopic (exact) mass is 359 g/mol. The number of rotatable bonds is 3. The molecule has 0 bridgehead atoms. The number of hydrogen-bond donors (Lipinski definition) is 2. The third-order valence-corrected chi connectivity index (χ3v) is 5.00. The Morgan fingerprint density at radius 1 is 1.07 bits per heavy atom. The molecule has 0 aliphatic carbocycles. The molecule has 4 rings (SSSR count). The first-order valence-corrected chi connectivity index (χ1v) is 8.82. The number of carbonyl (C=O) groups excluding carboxylic acids is 1. The minimum absolute atomic E-state index is 0.409. The summed E-state index contributed by atoms with van der Waals surface area (Å²) in [5.74, 6) is 0.738. The van der Waals surface area contributed by atoms with Crippen molar-refractivity contribution in [2.75, 3.05) is 5.32 Å². The Morgan fingerprint density at radius 2 is 1.81 bits per heavy atom. The van der Waals surface area contributed by atoms with Gasteiger partial charge in [-0.2, -0.15) is 4.98 Å². The highest BCUT2D eigenvalue weighted by molar-refractivity contribution is 5.95. The lowest BCUT2D eigenvalue weighted by Crippen LogP contribution is -2.31. The van der Waals surface area contributed by atoms with Gasteiger partial charge in [-0.1, -0.05) is 42.5 Å². The zero-order chi connectivity index (χ0) is 19.1. The van der Waals surface area contributed by atoms with Crippen LogP contribution in [0.1, 0.15) is 29.7 Å². The van der Waals surface area contributed by atoms with Gasteiger partial charge in [0.05, 0.1) is 5.57 Å². The molecule has 2 heterocycles. The molecule has 0 spiro atoms. The number of hydrogen-bond acceptors (Lipinski definition) is 4. The van der Waals surface area contributed by atoms with Gasteiger partial charge in [0, 0.05) is 11.3 Å². The predicted octanol–water partition coefficient (Wildman–Crippen LogP) is 3.34. The van der Waals surface area contributed by atoms with E-state index in [9.17, 15) is 4.79 Å². The van der Waals surface area contributed by atoms with E-state index in [1.807, 2.05) is 43.3 Å². The van der Waals surface area contributed by atoms with Crippen LogP contribution >= 0.6 is 0 Å². The van der Waals surface area contributed by atoms with Crippen LogP contribution in [0, 0.1) is 13.8 Å². The number of fused-ring (bicyclic) bond motifs is 1. The van der Waals surface area contributed by atoms with Crippen molar-refractivity contribution >= 4 is 11.9 Å². The number of primary amides is 1. The van der Waals surface area contributed by atoms with Gasteiger partial charge in [-0.15, -0.1) is 5.10 Å². The first-order valence-electron chi connectivity index (χ1n) is 8.82. The van der Waals surface area contributed by atoms with E-state index in [1.165, 1.54) is 11.1 Å². The van der Waals surface area contributed by atoms with Crippen molar-refractivity contribution in [2.45, 2.75) is 26.8 Å². The highest BCUT2D eigenvalue weighted by Gasteiger charge is 2.33. The minimum atomic E-state index is -0.470. The summed E-state index contributed by atoms with van der Waals surface area (Å²) in [5.41, 5.74) is 11.2. The maximum Gasteiger partial charge on any atom is 0.248 e. The molecule has 136 valence electrons. The van der Waals surface area contributed by atoms with Gasteiger partial charge in [-0.25, -0.2) is 4.68 Å². The zero-order valence-corrected chi connectivity index (χ0v) is 15.5. The number of aromatic nitrogens is 3. The van der Waals surface area contributed by atoms with Crippen LogP contribution in [-0.4, -0.2) is 20.7 Å². The molecule has 1 amide bonds. The lowest BCUT2D eigenvalue weighted by atomic mass is 9.95. The Morgan fingerprint density at radius 3 is 2.48 bits per heavy atom. The van der Waals surface area contributed by atoms with Crippen molar-refractivity contribution < 1.29 is 4.79 Å². The van der Waals surface area contributed by atoms with Gasteiger partial charge in [0.1, 0.15) is 6.04 Å². The molecule has 1 aromatic heterocycles. The largest absolute Gasteiger partial charge is 0.366 e. The first-order chi connectivity index (χ1) is 13.0. The smallest absolute Gasteiger partial charge is 0.248 e. The van der Waals surface area contributed by atoms with Gasteiger partial charge >= 0.3 is 0 Å². The predicted molar refractivity (Wildman–Crippen MR) is 105 cm³/mol. The van der Waals surface area contributed by atoms with Crippen molar-refractivity contribution in [3.8, 4) is 11.4 Å². The fourth-order valence-electron chi connectivity index (χ4n) is 3.42. The molecule has 1 aliphatic rings. The average Bonchev–Trinajstić information content (AvgIpc) is 3.06. The summed E-state index contributed by atoms with van der Waals surface area (Å²) >= 11 is 0. The van der Waals surface area contributed by atoms with E-state index in [1.54, 1.807) is 4.68 Å². The molecular formula is C21H21N5O. The Balaban J connectivity index is 1.87. The Hall–Kier alpha value is -3.41. The molecular weight excluding hydrogens is 338 g/mol. The molecule has 0 saturated carbocycles. The summed E-state index contributed by atoms with van der Waals surface area (Å²) < 4.78 is 1.74. The molecule has 0 radical (unpaired) electrons. The van der Waals surface area contributed by atoms with Crippen LogP contribution in [0.5, 0.6) is 0 Å². The second-order valence-corrected chi connectivity index (χ2v) is 6.84. The number of amides is 1. The van der Waals surface area contributed by atoms with Crippen molar-refractivity contribution in [1.29, 1.82) is 0 Å². The maximum absolute atomic E-state index is 12.2. The van der Waals surface area contributed by atoms with Gasteiger partial charge < -0.3 is 11.1 Å². The van der Waals surface area contributed by atoms with E-state index in [2.05, 4.69) is 36.3 Å². The van der Waals surface area contributed by atoms with Gasteiger partial charge in [-0.3, -0.25) is 4.79 Å². The summed E-state index contributed by atoms with van der Waals surface area (Å²) in [5, 5.41) is 7.89. The quantitative estimate of drug-likeness (QED) is 0.751. The van der Waals surface area contributed by atoms with Crippen LogP contribution in [0.25, 0.3) is 11.4 Å². The average molecular weight is 359 g/mol. The number of carbonyl (C=O) groups is 1. The van der Waals surface area contributed by atoms with Crippen molar-refractivity contribution in [2.24, 2.45) is 5.73 Å². The third kappa shape index (κ3) is 2.89. The van der Waals surface area contributed by atoms with Crippen LogP contribution < -0.4 is 11.1 Å². The molecule has 27 heavy (non-hydrogen) atoms. The van der Waals surface area contributed by atoms with Crippen LogP contribution in [0.2, 0.25) is 0 Å².